The standard InChI is InChI=1S/C27H39F3N2O4/c1-17-14-19(16-32(17)24(34)36-26(5,6)7)21-9-8-20(27(28,29)30)15-22(21)31-12-10-18(11-13-31)23(33)35-25(2,3)4/h8-9,15,17-19H,10-14,16H2,1-7H3/t17-,19+/m1/s1. The Hall–Kier alpha value is -2.45. The van der Waals surface area contributed by atoms with E-state index >= 15 is 0 Å². The maximum absolute atomic E-state index is 13.6. The number of halogens is 3. The lowest BCUT2D eigenvalue weighted by atomic mass is 9.91. The predicted octanol–water partition coefficient (Wildman–Crippen LogP) is 6.38. The largest absolute Gasteiger partial charge is 0.460 e. The number of piperidine rings is 1. The highest BCUT2D eigenvalue weighted by Crippen LogP contribution is 2.41. The highest BCUT2D eigenvalue weighted by molar-refractivity contribution is 5.73. The highest BCUT2D eigenvalue weighted by atomic mass is 19.4. The van der Waals surface area contributed by atoms with E-state index in [4.69, 9.17) is 9.47 Å². The Labute approximate surface area is 212 Å². The van der Waals surface area contributed by atoms with Gasteiger partial charge in [-0.1, -0.05) is 6.07 Å². The Morgan fingerprint density at radius 2 is 1.53 bits per heavy atom. The molecule has 0 radical (unpaired) electrons. The zero-order chi connectivity index (χ0) is 27.1. The molecular weight excluding hydrogens is 473 g/mol. The fourth-order valence-electron chi connectivity index (χ4n) is 4.91. The number of alkyl halides is 3. The number of benzene rings is 1. The summed E-state index contributed by atoms with van der Waals surface area (Å²) < 4.78 is 51.9. The molecule has 1 aromatic carbocycles. The van der Waals surface area contributed by atoms with Crippen molar-refractivity contribution in [2.45, 2.75) is 97.1 Å². The first-order chi connectivity index (χ1) is 16.4. The molecule has 2 atom stereocenters. The molecule has 6 nitrogen and oxygen atoms in total. The van der Waals surface area contributed by atoms with E-state index in [1.165, 1.54) is 6.07 Å². The van der Waals surface area contributed by atoms with Gasteiger partial charge in [-0.3, -0.25) is 4.79 Å². The molecule has 2 aliphatic rings. The van der Waals surface area contributed by atoms with Crippen molar-refractivity contribution >= 4 is 17.7 Å². The molecule has 0 aliphatic carbocycles. The molecule has 202 valence electrons. The Morgan fingerprint density at radius 1 is 0.944 bits per heavy atom. The molecule has 0 spiro atoms. The van der Waals surface area contributed by atoms with Gasteiger partial charge in [-0.15, -0.1) is 0 Å². The van der Waals surface area contributed by atoms with Crippen molar-refractivity contribution in [1.29, 1.82) is 0 Å². The minimum absolute atomic E-state index is 0.0992. The molecule has 0 N–H and O–H groups in total. The zero-order valence-electron chi connectivity index (χ0n) is 22.4. The molecule has 1 aromatic rings. The Morgan fingerprint density at radius 3 is 2.06 bits per heavy atom. The average molecular weight is 513 g/mol. The summed E-state index contributed by atoms with van der Waals surface area (Å²) >= 11 is 0. The smallest absolute Gasteiger partial charge is 0.416 e. The molecule has 9 heteroatoms. The van der Waals surface area contributed by atoms with Gasteiger partial charge in [0.05, 0.1) is 11.5 Å². The summed E-state index contributed by atoms with van der Waals surface area (Å²) in [5.41, 5.74) is -0.605. The first-order valence-corrected chi connectivity index (χ1v) is 12.6. The predicted molar refractivity (Wildman–Crippen MR) is 132 cm³/mol. The number of likely N-dealkylation sites (tertiary alicyclic amines) is 1. The van der Waals surface area contributed by atoms with Gasteiger partial charge in [-0.2, -0.15) is 13.2 Å². The van der Waals surface area contributed by atoms with Crippen molar-refractivity contribution in [2.24, 2.45) is 5.92 Å². The van der Waals surface area contributed by atoms with E-state index in [9.17, 15) is 22.8 Å². The summed E-state index contributed by atoms with van der Waals surface area (Å²) in [6.45, 7) is 14.1. The van der Waals surface area contributed by atoms with Crippen LogP contribution in [0.5, 0.6) is 0 Å². The molecule has 3 rings (SSSR count). The quantitative estimate of drug-likeness (QED) is 0.440. The molecule has 0 unspecified atom stereocenters. The van der Waals surface area contributed by atoms with Crippen molar-refractivity contribution in [3.8, 4) is 0 Å². The fraction of sp³-hybridized carbons (Fsp3) is 0.704. The van der Waals surface area contributed by atoms with E-state index in [1.54, 1.807) is 31.7 Å². The second kappa shape index (κ2) is 10.1. The third kappa shape index (κ3) is 7.07. The van der Waals surface area contributed by atoms with Gasteiger partial charge < -0.3 is 19.3 Å². The number of hydrogen-bond acceptors (Lipinski definition) is 5. The molecular formula is C27H39F3N2O4. The minimum Gasteiger partial charge on any atom is -0.460 e. The molecule has 0 bridgehead atoms. The third-order valence-electron chi connectivity index (χ3n) is 6.58. The van der Waals surface area contributed by atoms with Crippen LogP contribution in [0.1, 0.15) is 84.8 Å². The summed E-state index contributed by atoms with van der Waals surface area (Å²) in [6.07, 6.45) is -3.23. The van der Waals surface area contributed by atoms with E-state index in [0.29, 0.717) is 44.6 Å². The maximum atomic E-state index is 13.6. The van der Waals surface area contributed by atoms with Gasteiger partial charge in [0.2, 0.25) is 0 Å². The van der Waals surface area contributed by atoms with E-state index in [1.807, 2.05) is 32.6 Å². The third-order valence-corrected chi connectivity index (χ3v) is 6.58. The second-order valence-corrected chi connectivity index (χ2v) is 12.0. The van der Waals surface area contributed by atoms with Crippen molar-refractivity contribution in [3.05, 3.63) is 29.3 Å². The van der Waals surface area contributed by atoms with Gasteiger partial charge in [0.25, 0.3) is 0 Å². The van der Waals surface area contributed by atoms with Gasteiger partial charge in [-0.05, 0) is 85.4 Å². The SMILES string of the molecule is C[C@@H]1C[C@H](c2ccc(C(F)(F)F)cc2N2CCC(C(=O)OC(C)(C)C)CC2)CN1C(=O)OC(C)(C)C. The van der Waals surface area contributed by atoms with Crippen LogP contribution in [-0.2, 0) is 20.4 Å². The first kappa shape index (κ1) is 28.1. The molecule has 0 saturated carbocycles. The van der Waals surface area contributed by atoms with Gasteiger partial charge in [0.1, 0.15) is 11.2 Å². The molecule has 2 aliphatic heterocycles. The summed E-state index contributed by atoms with van der Waals surface area (Å²) in [5, 5.41) is 0. The van der Waals surface area contributed by atoms with Crippen molar-refractivity contribution in [3.63, 3.8) is 0 Å². The molecule has 2 heterocycles. The fourth-order valence-corrected chi connectivity index (χ4v) is 4.91. The number of hydrogen-bond donors (Lipinski definition) is 0. The Kier molecular flexibility index (Phi) is 7.92. The highest BCUT2D eigenvalue weighted by Gasteiger charge is 2.39. The molecule has 2 saturated heterocycles. The van der Waals surface area contributed by atoms with Crippen LogP contribution in [0.25, 0.3) is 0 Å². The van der Waals surface area contributed by atoms with Crippen molar-refractivity contribution in [2.75, 3.05) is 24.5 Å². The molecule has 1 amide bonds. The zero-order valence-corrected chi connectivity index (χ0v) is 22.4. The lowest BCUT2D eigenvalue weighted by molar-refractivity contribution is -0.160. The lowest BCUT2D eigenvalue weighted by Gasteiger charge is -2.36. The van der Waals surface area contributed by atoms with Crippen LogP contribution in [0.3, 0.4) is 0 Å². The minimum atomic E-state index is -4.46. The summed E-state index contributed by atoms with van der Waals surface area (Å²) in [7, 11) is 0. The number of nitrogens with zero attached hydrogens (tertiary/aromatic N) is 2. The van der Waals surface area contributed by atoms with Crippen molar-refractivity contribution in [1.82, 2.24) is 4.90 Å². The van der Waals surface area contributed by atoms with Crippen LogP contribution in [0, 0.1) is 5.92 Å². The number of amides is 1. The van der Waals surface area contributed by atoms with E-state index in [0.717, 1.165) is 11.6 Å². The monoisotopic (exact) mass is 512 g/mol. The topological polar surface area (TPSA) is 59.1 Å². The Balaban J connectivity index is 1.82. The van der Waals surface area contributed by atoms with Crippen LogP contribution in [0.2, 0.25) is 0 Å². The lowest BCUT2D eigenvalue weighted by Crippen LogP contribution is -2.39. The number of esters is 1. The summed E-state index contributed by atoms with van der Waals surface area (Å²) in [5.74, 6) is -0.652. The van der Waals surface area contributed by atoms with Crippen molar-refractivity contribution < 1.29 is 32.2 Å². The normalized spacial score (nSPS) is 22.1. The second-order valence-electron chi connectivity index (χ2n) is 12.0. The first-order valence-electron chi connectivity index (χ1n) is 12.6. The number of rotatable bonds is 3. The number of anilines is 1. The van der Waals surface area contributed by atoms with E-state index in [-0.39, 0.29) is 23.8 Å². The number of carbonyl (C=O) groups is 2. The van der Waals surface area contributed by atoms with Gasteiger partial charge in [0, 0.05) is 37.3 Å². The average Bonchev–Trinajstić information content (AvgIpc) is 3.12. The van der Waals surface area contributed by atoms with Gasteiger partial charge in [0.15, 0.2) is 0 Å². The van der Waals surface area contributed by atoms with Gasteiger partial charge in [-0.25, -0.2) is 4.79 Å². The van der Waals surface area contributed by atoms with Crippen LogP contribution in [-0.4, -0.2) is 53.8 Å². The van der Waals surface area contributed by atoms with Crippen LogP contribution in [0.4, 0.5) is 23.7 Å². The summed E-state index contributed by atoms with van der Waals surface area (Å²) in [4.78, 5) is 28.8. The molecule has 2 fully saturated rings. The maximum Gasteiger partial charge on any atom is 0.416 e. The van der Waals surface area contributed by atoms with E-state index in [2.05, 4.69) is 0 Å². The van der Waals surface area contributed by atoms with Crippen LogP contribution < -0.4 is 4.90 Å². The van der Waals surface area contributed by atoms with Crippen LogP contribution >= 0.6 is 0 Å². The molecule has 36 heavy (non-hydrogen) atoms. The Bertz CT molecular complexity index is 957. The molecule has 0 aromatic heterocycles. The number of ether oxygens (including phenoxy) is 2. The summed E-state index contributed by atoms with van der Waals surface area (Å²) in [6, 6.07) is 3.78. The van der Waals surface area contributed by atoms with Gasteiger partial charge >= 0.3 is 18.2 Å². The van der Waals surface area contributed by atoms with E-state index < -0.39 is 29.0 Å². The van der Waals surface area contributed by atoms with Crippen LogP contribution in [0.15, 0.2) is 18.2 Å². The number of carbonyl (C=O) groups excluding carboxylic acids is 2.